The third kappa shape index (κ3) is 4.27. The number of benzene rings is 2. The number of rotatable bonds is 7. The minimum Gasteiger partial charge on any atom is -0.345 e. The van der Waals surface area contributed by atoms with Crippen molar-refractivity contribution < 1.29 is 4.79 Å². The van der Waals surface area contributed by atoms with Crippen LogP contribution >= 0.6 is 0 Å². The average molecular weight is 330 g/mol. The Kier molecular flexibility index (Phi) is 5.47. The molecule has 126 valence electrons. The van der Waals surface area contributed by atoms with Crippen LogP contribution < -0.4 is 0 Å². The second kappa shape index (κ2) is 8.15. The number of nitrogens with zero attached hydrogens (tertiary/aromatic N) is 2. The molecule has 0 aliphatic heterocycles. The largest absolute Gasteiger partial charge is 0.345 e. The lowest BCUT2D eigenvalue weighted by Crippen LogP contribution is -2.31. The summed E-state index contributed by atoms with van der Waals surface area (Å²) < 4.78 is 2.18. The highest BCUT2D eigenvalue weighted by atomic mass is 16.2. The maximum atomic E-state index is 12.8. The first-order valence-electron chi connectivity index (χ1n) is 8.41. The van der Waals surface area contributed by atoms with Gasteiger partial charge in [-0.25, -0.2) is 0 Å². The van der Waals surface area contributed by atoms with Gasteiger partial charge in [-0.05, 0) is 29.8 Å². The number of aromatic nitrogens is 1. The molecule has 1 amide bonds. The van der Waals surface area contributed by atoms with E-state index in [0.717, 1.165) is 12.2 Å². The van der Waals surface area contributed by atoms with Crippen LogP contribution in [0, 0.1) is 0 Å². The summed E-state index contributed by atoms with van der Waals surface area (Å²) in [6.07, 6.45) is 3.83. The molecular formula is C22H22N2O. The van der Waals surface area contributed by atoms with Gasteiger partial charge in [0.05, 0.1) is 6.54 Å². The maximum absolute atomic E-state index is 12.8. The van der Waals surface area contributed by atoms with Gasteiger partial charge in [-0.15, -0.1) is 6.58 Å². The van der Waals surface area contributed by atoms with Crippen LogP contribution in [0.4, 0.5) is 0 Å². The van der Waals surface area contributed by atoms with Crippen molar-refractivity contribution in [3.05, 3.63) is 108 Å². The Morgan fingerprint density at radius 3 is 2.32 bits per heavy atom. The van der Waals surface area contributed by atoms with Crippen LogP contribution in [0.5, 0.6) is 0 Å². The van der Waals surface area contributed by atoms with E-state index in [4.69, 9.17) is 0 Å². The van der Waals surface area contributed by atoms with Crippen LogP contribution in [0.25, 0.3) is 0 Å². The van der Waals surface area contributed by atoms with Crippen molar-refractivity contribution in [2.45, 2.75) is 13.1 Å². The van der Waals surface area contributed by atoms with Crippen LogP contribution in [-0.2, 0) is 13.1 Å². The predicted octanol–water partition coefficient (Wildman–Crippen LogP) is 4.36. The Balaban J connectivity index is 1.78. The normalized spacial score (nSPS) is 10.4. The summed E-state index contributed by atoms with van der Waals surface area (Å²) in [7, 11) is 0. The van der Waals surface area contributed by atoms with Crippen molar-refractivity contribution in [3.63, 3.8) is 0 Å². The number of carbonyl (C=O) groups excluding carboxylic acids is 1. The van der Waals surface area contributed by atoms with E-state index in [2.05, 4.69) is 35.5 Å². The summed E-state index contributed by atoms with van der Waals surface area (Å²) >= 11 is 0. The lowest BCUT2D eigenvalue weighted by molar-refractivity contribution is 0.0759. The minimum absolute atomic E-state index is 0.0213. The van der Waals surface area contributed by atoms with Gasteiger partial charge in [-0.1, -0.05) is 54.6 Å². The van der Waals surface area contributed by atoms with Crippen LogP contribution in [0.2, 0.25) is 0 Å². The molecule has 0 unspecified atom stereocenters. The first-order chi connectivity index (χ1) is 12.3. The number of hydrogen-bond acceptors (Lipinski definition) is 1. The van der Waals surface area contributed by atoms with Crippen LogP contribution in [-0.4, -0.2) is 21.9 Å². The molecule has 3 rings (SSSR count). The summed E-state index contributed by atoms with van der Waals surface area (Å²) in [6.45, 7) is 5.66. The minimum atomic E-state index is 0.0213. The fraction of sp³-hybridized carbons (Fsp3) is 0.136. The molecule has 0 aliphatic carbocycles. The van der Waals surface area contributed by atoms with E-state index in [1.54, 1.807) is 6.08 Å². The van der Waals surface area contributed by atoms with Gasteiger partial charge in [0.2, 0.25) is 0 Å². The quantitative estimate of drug-likeness (QED) is 0.591. The molecule has 0 fully saturated rings. The van der Waals surface area contributed by atoms with E-state index >= 15 is 0 Å². The van der Waals surface area contributed by atoms with Gasteiger partial charge in [0.1, 0.15) is 0 Å². The molecular weight excluding hydrogens is 308 g/mol. The zero-order valence-corrected chi connectivity index (χ0v) is 14.2. The highest BCUT2D eigenvalue weighted by Gasteiger charge is 2.16. The summed E-state index contributed by atoms with van der Waals surface area (Å²) in [5.41, 5.74) is 3.05. The van der Waals surface area contributed by atoms with E-state index in [0.29, 0.717) is 18.7 Å². The fourth-order valence-electron chi connectivity index (χ4n) is 2.86. The average Bonchev–Trinajstić information content (AvgIpc) is 3.09. The van der Waals surface area contributed by atoms with Crippen molar-refractivity contribution in [2.75, 3.05) is 6.54 Å². The summed E-state index contributed by atoms with van der Waals surface area (Å²) in [4.78, 5) is 14.6. The molecule has 25 heavy (non-hydrogen) atoms. The van der Waals surface area contributed by atoms with Gasteiger partial charge < -0.3 is 9.47 Å². The van der Waals surface area contributed by atoms with Gasteiger partial charge in [0, 0.05) is 30.5 Å². The third-order valence-electron chi connectivity index (χ3n) is 4.13. The topological polar surface area (TPSA) is 25.2 Å². The SMILES string of the molecule is C=CCN(Cc1cccn1Cc1ccccc1)C(=O)c1ccccc1. The Morgan fingerprint density at radius 2 is 1.64 bits per heavy atom. The zero-order chi connectivity index (χ0) is 17.5. The second-order valence-corrected chi connectivity index (χ2v) is 5.95. The Bertz CT molecular complexity index is 822. The van der Waals surface area contributed by atoms with Crippen molar-refractivity contribution in [3.8, 4) is 0 Å². The molecule has 1 heterocycles. The predicted molar refractivity (Wildman–Crippen MR) is 101 cm³/mol. The van der Waals surface area contributed by atoms with E-state index in [1.165, 1.54) is 5.56 Å². The summed E-state index contributed by atoms with van der Waals surface area (Å²) in [5.74, 6) is 0.0213. The monoisotopic (exact) mass is 330 g/mol. The molecule has 0 aliphatic rings. The molecule has 0 bridgehead atoms. The second-order valence-electron chi connectivity index (χ2n) is 5.95. The molecule has 3 nitrogen and oxygen atoms in total. The number of carbonyl (C=O) groups is 1. The molecule has 3 heteroatoms. The fourth-order valence-corrected chi connectivity index (χ4v) is 2.86. The van der Waals surface area contributed by atoms with E-state index < -0.39 is 0 Å². The summed E-state index contributed by atoms with van der Waals surface area (Å²) in [6, 6.07) is 23.8. The van der Waals surface area contributed by atoms with Gasteiger partial charge in [0.15, 0.2) is 0 Å². The van der Waals surface area contributed by atoms with Gasteiger partial charge in [0.25, 0.3) is 5.91 Å². The van der Waals surface area contributed by atoms with Gasteiger partial charge >= 0.3 is 0 Å². The zero-order valence-electron chi connectivity index (χ0n) is 14.2. The Hall–Kier alpha value is -3.07. The van der Waals surface area contributed by atoms with E-state index in [-0.39, 0.29) is 5.91 Å². The highest BCUT2D eigenvalue weighted by Crippen LogP contribution is 2.13. The standard InChI is InChI=1S/C22H22N2O/c1-2-15-24(22(25)20-12-7-4-8-13-20)18-21-14-9-16-23(21)17-19-10-5-3-6-11-19/h2-14,16H,1,15,17-18H2. The lowest BCUT2D eigenvalue weighted by Gasteiger charge is -2.22. The van der Waals surface area contributed by atoms with E-state index in [9.17, 15) is 4.79 Å². The smallest absolute Gasteiger partial charge is 0.254 e. The molecule has 0 spiro atoms. The molecule has 0 radical (unpaired) electrons. The molecule has 0 saturated heterocycles. The first-order valence-corrected chi connectivity index (χ1v) is 8.41. The van der Waals surface area contributed by atoms with Crippen molar-refractivity contribution in [1.82, 2.24) is 9.47 Å². The molecule has 1 aromatic heterocycles. The molecule has 2 aromatic carbocycles. The Morgan fingerprint density at radius 1 is 0.960 bits per heavy atom. The van der Waals surface area contributed by atoms with E-state index in [1.807, 2.05) is 59.5 Å². The van der Waals surface area contributed by atoms with Crippen molar-refractivity contribution in [1.29, 1.82) is 0 Å². The summed E-state index contributed by atoms with van der Waals surface area (Å²) in [5, 5.41) is 0. The number of amides is 1. The van der Waals surface area contributed by atoms with Crippen LogP contribution in [0.1, 0.15) is 21.6 Å². The Labute approximate surface area is 148 Å². The number of hydrogen-bond donors (Lipinski definition) is 0. The molecule has 0 saturated carbocycles. The molecule has 0 N–H and O–H groups in total. The maximum Gasteiger partial charge on any atom is 0.254 e. The molecule has 0 atom stereocenters. The highest BCUT2D eigenvalue weighted by molar-refractivity contribution is 5.94. The van der Waals surface area contributed by atoms with Crippen molar-refractivity contribution >= 4 is 5.91 Å². The first kappa shape index (κ1) is 16.8. The molecule has 3 aromatic rings. The van der Waals surface area contributed by atoms with Gasteiger partial charge in [-0.2, -0.15) is 0 Å². The third-order valence-corrected chi connectivity index (χ3v) is 4.13. The van der Waals surface area contributed by atoms with Crippen LogP contribution in [0.3, 0.4) is 0 Å². The van der Waals surface area contributed by atoms with Gasteiger partial charge in [-0.3, -0.25) is 4.79 Å². The van der Waals surface area contributed by atoms with Crippen molar-refractivity contribution in [2.24, 2.45) is 0 Å². The van der Waals surface area contributed by atoms with Crippen LogP contribution in [0.15, 0.2) is 91.6 Å². The lowest BCUT2D eigenvalue weighted by atomic mass is 10.2.